The molecule has 0 saturated carbocycles. The average molecular weight is 366 g/mol. The molecule has 138 valence electrons. The summed E-state index contributed by atoms with van der Waals surface area (Å²) >= 11 is 6.14. The van der Waals surface area contributed by atoms with Crippen molar-refractivity contribution >= 4 is 17.6 Å². The number of hydrogen-bond donors (Lipinski definition) is 1. The van der Waals surface area contributed by atoms with Crippen LogP contribution in [-0.2, 0) is 0 Å². The van der Waals surface area contributed by atoms with Crippen LogP contribution in [0.3, 0.4) is 0 Å². The largest absolute Gasteiger partial charge is 0.489 e. The van der Waals surface area contributed by atoms with Crippen molar-refractivity contribution in [2.24, 2.45) is 0 Å². The quantitative estimate of drug-likeness (QED) is 0.870. The molecule has 2 saturated heterocycles. The molecule has 0 bridgehead atoms. The Balaban J connectivity index is 1.39. The molecule has 5 nitrogen and oxygen atoms in total. The van der Waals surface area contributed by atoms with E-state index in [-0.39, 0.29) is 12.1 Å². The Hall–Kier alpha value is -1.46. The van der Waals surface area contributed by atoms with Crippen LogP contribution >= 0.6 is 11.6 Å². The molecule has 0 aromatic heterocycles. The molecular weight excluding hydrogens is 338 g/mol. The van der Waals surface area contributed by atoms with Crippen molar-refractivity contribution in [1.29, 1.82) is 0 Å². The van der Waals surface area contributed by atoms with Crippen LogP contribution in [0.5, 0.6) is 5.75 Å². The zero-order chi connectivity index (χ0) is 17.6. The Kier molecular flexibility index (Phi) is 6.43. The van der Waals surface area contributed by atoms with Gasteiger partial charge in [-0.15, -0.1) is 0 Å². The molecule has 2 amide bonds. The molecule has 2 heterocycles. The van der Waals surface area contributed by atoms with E-state index in [0.717, 1.165) is 51.3 Å². The minimum atomic E-state index is 0.0437. The van der Waals surface area contributed by atoms with Gasteiger partial charge in [-0.25, -0.2) is 4.79 Å². The summed E-state index contributed by atoms with van der Waals surface area (Å²) in [6, 6.07) is 7.99. The molecule has 2 aliphatic heterocycles. The third kappa shape index (κ3) is 5.02. The molecular formula is C19H28ClN3O2. The number of para-hydroxylation sites is 1. The number of amides is 2. The molecule has 25 heavy (non-hydrogen) atoms. The van der Waals surface area contributed by atoms with Gasteiger partial charge in [0, 0.05) is 38.5 Å². The number of likely N-dealkylation sites (tertiary alicyclic amines) is 2. The number of rotatable bonds is 5. The van der Waals surface area contributed by atoms with Gasteiger partial charge in [0.05, 0.1) is 5.02 Å². The molecule has 0 radical (unpaired) electrons. The second-order valence-electron chi connectivity index (χ2n) is 7.01. The standard InChI is InChI=1S/C19H28ClN3O2/c1-15(22-10-4-5-11-22)14-21-19(24)23-12-8-16(9-13-23)25-18-7-3-2-6-17(18)20/h2-3,6-7,15-16H,4-5,8-14H2,1H3,(H,21,24)/t15-/m0/s1. The molecule has 1 aromatic carbocycles. The number of hydrogen-bond acceptors (Lipinski definition) is 3. The summed E-state index contributed by atoms with van der Waals surface area (Å²) in [5, 5.41) is 3.72. The van der Waals surface area contributed by atoms with Crippen molar-refractivity contribution in [3.8, 4) is 5.75 Å². The van der Waals surface area contributed by atoms with Crippen LogP contribution in [-0.4, -0.2) is 60.7 Å². The monoisotopic (exact) mass is 365 g/mol. The Morgan fingerprint density at radius 2 is 1.92 bits per heavy atom. The fourth-order valence-corrected chi connectivity index (χ4v) is 3.74. The van der Waals surface area contributed by atoms with Crippen molar-refractivity contribution in [2.75, 3.05) is 32.7 Å². The van der Waals surface area contributed by atoms with Gasteiger partial charge in [-0.05, 0) is 45.0 Å². The first-order chi connectivity index (χ1) is 12.1. The van der Waals surface area contributed by atoms with Gasteiger partial charge < -0.3 is 15.0 Å². The number of benzene rings is 1. The van der Waals surface area contributed by atoms with Gasteiger partial charge in [-0.1, -0.05) is 23.7 Å². The van der Waals surface area contributed by atoms with Gasteiger partial charge in [0.25, 0.3) is 0 Å². The average Bonchev–Trinajstić information content (AvgIpc) is 3.17. The number of nitrogens with zero attached hydrogens (tertiary/aromatic N) is 2. The van der Waals surface area contributed by atoms with Gasteiger partial charge in [0.15, 0.2) is 0 Å². The predicted molar refractivity (Wildman–Crippen MR) is 100 cm³/mol. The van der Waals surface area contributed by atoms with Crippen LogP contribution in [0.4, 0.5) is 4.79 Å². The Labute approximate surface area is 155 Å². The zero-order valence-electron chi connectivity index (χ0n) is 14.9. The molecule has 1 aromatic rings. The molecule has 0 aliphatic carbocycles. The fourth-order valence-electron chi connectivity index (χ4n) is 3.55. The molecule has 0 unspecified atom stereocenters. The lowest BCUT2D eigenvalue weighted by Gasteiger charge is -2.33. The van der Waals surface area contributed by atoms with Gasteiger partial charge in [-0.3, -0.25) is 4.90 Å². The van der Waals surface area contributed by atoms with E-state index in [2.05, 4.69) is 17.1 Å². The molecule has 3 rings (SSSR count). The maximum Gasteiger partial charge on any atom is 0.317 e. The fraction of sp³-hybridized carbons (Fsp3) is 0.632. The minimum absolute atomic E-state index is 0.0437. The number of carbonyl (C=O) groups is 1. The van der Waals surface area contributed by atoms with E-state index in [1.807, 2.05) is 29.2 Å². The summed E-state index contributed by atoms with van der Waals surface area (Å²) in [6.07, 6.45) is 4.34. The SMILES string of the molecule is C[C@@H](CNC(=O)N1CCC(Oc2ccccc2Cl)CC1)N1CCCC1. The second-order valence-corrected chi connectivity index (χ2v) is 7.42. The number of urea groups is 1. The van der Waals surface area contributed by atoms with E-state index >= 15 is 0 Å². The highest BCUT2D eigenvalue weighted by atomic mass is 35.5. The number of nitrogens with one attached hydrogen (secondary N) is 1. The van der Waals surface area contributed by atoms with E-state index in [1.165, 1.54) is 12.8 Å². The zero-order valence-corrected chi connectivity index (χ0v) is 15.7. The van der Waals surface area contributed by atoms with Gasteiger partial charge in [0.1, 0.15) is 11.9 Å². The molecule has 1 atom stereocenters. The lowest BCUT2D eigenvalue weighted by molar-refractivity contribution is 0.110. The van der Waals surface area contributed by atoms with Crippen LogP contribution in [0.1, 0.15) is 32.6 Å². The van der Waals surface area contributed by atoms with Crippen LogP contribution in [0.2, 0.25) is 5.02 Å². The predicted octanol–water partition coefficient (Wildman–Crippen LogP) is 3.38. The number of ether oxygens (including phenoxy) is 1. The van der Waals surface area contributed by atoms with Gasteiger partial charge >= 0.3 is 6.03 Å². The van der Waals surface area contributed by atoms with E-state index in [9.17, 15) is 4.79 Å². The maximum atomic E-state index is 12.4. The van der Waals surface area contributed by atoms with E-state index in [4.69, 9.17) is 16.3 Å². The summed E-state index contributed by atoms with van der Waals surface area (Å²) in [6.45, 7) is 6.66. The summed E-state index contributed by atoms with van der Waals surface area (Å²) in [7, 11) is 0. The van der Waals surface area contributed by atoms with Crippen LogP contribution in [0.15, 0.2) is 24.3 Å². The minimum Gasteiger partial charge on any atom is -0.489 e. The van der Waals surface area contributed by atoms with E-state index in [0.29, 0.717) is 11.1 Å². The van der Waals surface area contributed by atoms with Crippen molar-refractivity contribution < 1.29 is 9.53 Å². The number of halogens is 1. The van der Waals surface area contributed by atoms with Crippen LogP contribution in [0, 0.1) is 0 Å². The molecule has 2 aliphatic rings. The first-order valence-electron chi connectivity index (χ1n) is 9.31. The lowest BCUT2D eigenvalue weighted by atomic mass is 10.1. The van der Waals surface area contributed by atoms with Crippen molar-refractivity contribution in [1.82, 2.24) is 15.1 Å². The van der Waals surface area contributed by atoms with Crippen molar-refractivity contribution in [3.63, 3.8) is 0 Å². The smallest absolute Gasteiger partial charge is 0.317 e. The van der Waals surface area contributed by atoms with Crippen LogP contribution < -0.4 is 10.1 Å². The third-order valence-corrected chi connectivity index (χ3v) is 5.48. The lowest BCUT2D eigenvalue weighted by Crippen LogP contribution is -2.49. The van der Waals surface area contributed by atoms with Crippen LogP contribution in [0.25, 0.3) is 0 Å². The Bertz CT molecular complexity index is 570. The highest BCUT2D eigenvalue weighted by Gasteiger charge is 2.25. The second kappa shape index (κ2) is 8.77. The Morgan fingerprint density at radius 3 is 2.60 bits per heavy atom. The van der Waals surface area contributed by atoms with Crippen molar-refractivity contribution in [2.45, 2.75) is 44.8 Å². The maximum absolute atomic E-state index is 12.4. The topological polar surface area (TPSA) is 44.8 Å². The highest BCUT2D eigenvalue weighted by molar-refractivity contribution is 6.32. The van der Waals surface area contributed by atoms with Gasteiger partial charge in [0.2, 0.25) is 0 Å². The highest BCUT2D eigenvalue weighted by Crippen LogP contribution is 2.26. The Morgan fingerprint density at radius 1 is 1.24 bits per heavy atom. The van der Waals surface area contributed by atoms with Gasteiger partial charge in [-0.2, -0.15) is 0 Å². The molecule has 1 N–H and O–H groups in total. The summed E-state index contributed by atoms with van der Waals surface area (Å²) in [4.78, 5) is 16.7. The first kappa shape index (κ1) is 18.3. The van der Waals surface area contributed by atoms with E-state index < -0.39 is 0 Å². The summed E-state index contributed by atoms with van der Waals surface area (Å²) < 4.78 is 5.98. The third-order valence-electron chi connectivity index (χ3n) is 5.17. The summed E-state index contributed by atoms with van der Waals surface area (Å²) in [5.41, 5.74) is 0. The normalized spacial score (nSPS) is 20.5. The van der Waals surface area contributed by atoms with E-state index in [1.54, 1.807) is 0 Å². The molecule has 2 fully saturated rings. The molecule has 0 spiro atoms. The first-order valence-corrected chi connectivity index (χ1v) is 9.69. The van der Waals surface area contributed by atoms with Crippen molar-refractivity contribution in [3.05, 3.63) is 29.3 Å². The summed E-state index contributed by atoms with van der Waals surface area (Å²) in [5.74, 6) is 0.728. The molecule has 6 heteroatoms. The number of carbonyl (C=O) groups excluding carboxylic acids is 1. The number of piperidine rings is 1.